The molecular formula is C27H51BrN2O. The van der Waals surface area contributed by atoms with Crippen LogP contribution in [0.1, 0.15) is 124 Å². The molecule has 1 amide bonds. The first kappa shape index (κ1) is 27.2. The summed E-state index contributed by atoms with van der Waals surface area (Å²) in [5, 5.41) is 3.41. The van der Waals surface area contributed by atoms with E-state index >= 15 is 0 Å². The summed E-state index contributed by atoms with van der Waals surface area (Å²) in [6, 6.07) is 0. The Labute approximate surface area is 203 Å². The minimum Gasteiger partial charge on any atom is -0.356 e. The van der Waals surface area contributed by atoms with Gasteiger partial charge in [-0.1, -0.05) is 59.3 Å². The Morgan fingerprint density at radius 2 is 1.42 bits per heavy atom. The highest BCUT2D eigenvalue weighted by Crippen LogP contribution is 2.60. The third kappa shape index (κ3) is 6.71. The fourth-order valence-corrected chi connectivity index (χ4v) is 7.65. The van der Waals surface area contributed by atoms with E-state index in [0.29, 0.717) is 11.8 Å². The molecule has 0 aromatic rings. The van der Waals surface area contributed by atoms with Gasteiger partial charge in [-0.25, -0.2) is 0 Å². The molecule has 0 spiro atoms. The Hall–Kier alpha value is -0.0900. The Bertz CT molecular complexity index is 510. The summed E-state index contributed by atoms with van der Waals surface area (Å²) in [6.07, 6.45) is 20.1. The highest BCUT2D eigenvalue weighted by atomic mass is 79.9. The zero-order chi connectivity index (χ0) is 21.6. The van der Waals surface area contributed by atoms with Crippen molar-refractivity contribution in [1.29, 1.82) is 0 Å². The molecule has 31 heavy (non-hydrogen) atoms. The number of rotatable bonds is 14. The topological polar surface area (TPSA) is 55.1 Å². The van der Waals surface area contributed by atoms with Gasteiger partial charge in [0.2, 0.25) is 5.91 Å². The Kier molecular flexibility index (Phi) is 10.9. The van der Waals surface area contributed by atoms with Gasteiger partial charge in [-0.2, -0.15) is 0 Å². The van der Waals surface area contributed by atoms with Crippen LogP contribution in [0.4, 0.5) is 0 Å². The predicted molar refractivity (Wildman–Crippen MR) is 138 cm³/mol. The van der Waals surface area contributed by atoms with Crippen molar-refractivity contribution in [2.24, 2.45) is 34.8 Å². The van der Waals surface area contributed by atoms with Crippen LogP contribution in [0.3, 0.4) is 0 Å². The molecule has 0 aromatic carbocycles. The van der Waals surface area contributed by atoms with Crippen LogP contribution in [-0.4, -0.2) is 18.0 Å². The number of carbonyl (C=O) groups is 1. The molecule has 4 heteroatoms. The Morgan fingerprint density at radius 3 is 1.94 bits per heavy atom. The molecule has 4 saturated carbocycles. The van der Waals surface area contributed by atoms with Crippen LogP contribution in [0.25, 0.3) is 0 Å². The molecule has 4 aliphatic carbocycles. The van der Waals surface area contributed by atoms with Crippen molar-refractivity contribution in [1.82, 2.24) is 5.32 Å². The van der Waals surface area contributed by atoms with E-state index in [1.807, 2.05) is 0 Å². The lowest BCUT2D eigenvalue weighted by atomic mass is 9.49. The maximum absolute atomic E-state index is 13.3. The second-order valence-corrected chi connectivity index (χ2v) is 11.4. The zero-order valence-electron chi connectivity index (χ0n) is 20.7. The van der Waals surface area contributed by atoms with Gasteiger partial charge in [-0.05, 0) is 87.9 Å². The minimum absolute atomic E-state index is 0. The van der Waals surface area contributed by atoms with Crippen LogP contribution < -0.4 is 11.1 Å². The van der Waals surface area contributed by atoms with Gasteiger partial charge in [-0.3, -0.25) is 4.79 Å². The molecule has 4 bridgehead atoms. The van der Waals surface area contributed by atoms with Crippen molar-refractivity contribution >= 4 is 22.9 Å². The largest absolute Gasteiger partial charge is 0.356 e. The standard InChI is InChI=1S/C27H50N2O.BrH/c1-4-7-8-9-10-11-12-24(27(28,5-2)6-3)13-14-29-25(30)26-18-21-15-22(19-26)17-23(16-21)20-26;/h21-24H,4-20,28H2,1-3H3,(H,29,30);1H. The number of nitrogens with one attached hydrogen (secondary N) is 1. The summed E-state index contributed by atoms with van der Waals surface area (Å²) < 4.78 is 0. The van der Waals surface area contributed by atoms with Gasteiger partial charge >= 0.3 is 0 Å². The summed E-state index contributed by atoms with van der Waals surface area (Å²) in [5.74, 6) is 3.41. The summed E-state index contributed by atoms with van der Waals surface area (Å²) in [6.45, 7) is 7.58. The van der Waals surface area contributed by atoms with Gasteiger partial charge in [0, 0.05) is 17.5 Å². The Balaban J connectivity index is 0.00000341. The third-order valence-electron chi connectivity index (χ3n) is 9.33. The van der Waals surface area contributed by atoms with Crippen molar-refractivity contribution in [3.8, 4) is 0 Å². The van der Waals surface area contributed by atoms with Crippen LogP contribution >= 0.6 is 17.0 Å². The second kappa shape index (κ2) is 12.4. The first-order valence-corrected chi connectivity index (χ1v) is 13.5. The third-order valence-corrected chi connectivity index (χ3v) is 9.33. The van der Waals surface area contributed by atoms with Gasteiger partial charge < -0.3 is 11.1 Å². The zero-order valence-corrected chi connectivity index (χ0v) is 22.4. The summed E-state index contributed by atoms with van der Waals surface area (Å²) >= 11 is 0. The molecule has 1 unspecified atom stereocenters. The smallest absolute Gasteiger partial charge is 0.226 e. The molecule has 4 aliphatic rings. The SMILES string of the molecule is Br.CCCCCCCCC(CCNC(=O)C12CC3CC(CC(C3)C1)C2)C(N)(CC)CC. The molecule has 0 heterocycles. The number of halogens is 1. The normalized spacial score (nSPS) is 30.1. The van der Waals surface area contributed by atoms with Crippen LogP contribution in [0.15, 0.2) is 0 Å². The van der Waals surface area contributed by atoms with E-state index < -0.39 is 0 Å². The van der Waals surface area contributed by atoms with Crippen LogP contribution in [0.2, 0.25) is 0 Å². The van der Waals surface area contributed by atoms with E-state index in [9.17, 15) is 4.79 Å². The first-order valence-electron chi connectivity index (χ1n) is 13.5. The van der Waals surface area contributed by atoms with Gasteiger partial charge in [-0.15, -0.1) is 17.0 Å². The van der Waals surface area contributed by atoms with Crippen molar-refractivity contribution < 1.29 is 4.79 Å². The molecular weight excluding hydrogens is 448 g/mol. The minimum atomic E-state index is -0.0746. The molecule has 4 fully saturated rings. The van der Waals surface area contributed by atoms with Crippen molar-refractivity contribution in [3.63, 3.8) is 0 Å². The number of nitrogens with two attached hydrogens (primary N) is 1. The fraction of sp³-hybridized carbons (Fsp3) is 0.963. The molecule has 3 nitrogen and oxygen atoms in total. The average Bonchev–Trinajstić information content (AvgIpc) is 2.73. The molecule has 0 radical (unpaired) electrons. The lowest BCUT2D eigenvalue weighted by molar-refractivity contribution is -0.146. The van der Waals surface area contributed by atoms with Crippen molar-refractivity contribution in [3.05, 3.63) is 0 Å². The number of unbranched alkanes of at least 4 members (excludes halogenated alkanes) is 5. The van der Waals surface area contributed by atoms with Gasteiger partial charge in [0.25, 0.3) is 0 Å². The quantitative estimate of drug-likeness (QED) is 0.249. The van der Waals surface area contributed by atoms with E-state index in [1.165, 1.54) is 64.2 Å². The molecule has 0 aromatic heterocycles. The highest BCUT2D eigenvalue weighted by Gasteiger charge is 2.54. The maximum atomic E-state index is 13.3. The Morgan fingerprint density at radius 1 is 0.903 bits per heavy atom. The first-order chi connectivity index (χ1) is 14.4. The predicted octanol–water partition coefficient (Wildman–Crippen LogP) is 7.17. The van der Waals surface area contributed by atoms with Crippen molar-refractivity contribution in [2.45, 2.75) is 129 Å². The molecule has 3 N–H and O–H groups in total. The van der Waals surface area contributed by atoms with Gasteiger partial charge in [0.05, 0.1) is 0 Å². The van der Waals surface area contributed by atoms with Crippen molar-refractivity contribution in [2.75, 3.05) is 6.54 Å². The lowest BCUT2D eigenvalue weighted by Gasteiger charge is -2.55. The van der Waals surface area contributed by atoms with Gasteiger partial charge in [0.15, 0.2) is 0 Å². The molecule has 182 valence electrons. The molecule has 1 atom stereocenters. The lowest BCUT2D eigenvalue weighted by Crippen LogP contribution is -2.54. The van der Waals surface area contributed by atoms with E-state index in [2.05, 4.69) is 26.1 Å². The number of hydrogen-bond donors (Lipinski definition) is 2. The fourth-order valence-electron chi connectivity index (χ4n) is 7.65. The monoisotopic (exact) mass is 498 g/mol. The highest BCUT2D eigenvalue weighted by molar-refractivity contribution is 8.93. The molecule has 0 saturated heterocycles. The van der Waals surface area contributed by atoms with Gasteiger partial charge in [0.1, 0.15) is 0 Å². The number of amides is 1. The summed E-state index contributed by atoms with van der Waals surface area (Å²) in [4.78, 5) is 13.3. The van der Waals surface area contributed by atoms with E-state index in [4.69, 9.17) is 5.73 Å². The number of carbonyl (C=O) groups excluding carboxylic acids is 1. The van der Waals surface area contributed by atoms with Crippen LogP contribution in [0, 0.1) is 29.1 Å². The summed E-state index contributed by atoms with van der Waals surface area (Å²) in [5.41, 5.74) is 6.76. The maximum Gasteiger partial charge on any atom is 0.226 e. The average molecular weight is 500 g/mol. The van der Waals surface area contributed by atoms with Crippen LogP contribution in [0.5, 0.6) is 0 Å². The van der Waals surface area contributed by atoms with Crippen LogP contribution in [-0.2, 0) is 4.79 Å². The second-order valence-electron chi connectivity index (χ2n) is 11.4. The van der Waals surface area contributed by atoms with E-state index in [-0.39, 0.29) is 27.9 Å². The molecule has 4 rings (SSSR count). The summed E-state index contributed by atoms with van der Waals surface area (Å²) in [7, 11) is 0. The molecule has 0 aliphatic heterocycles. The van der Waals surface area contributed by atoms with E-state index in [0.717, 1.165) is 62.8 Å². The van der Waals surface area contributed by atoms with E-state index in [1.54, 1.807) is 0 Å². The number of hydrogen-bond acceptors (Lipinski definition) is 2.